The van der Waals surface area contributed by atoms with Crippen molar-refractivity contribution >= 4 is 17.3 Å². The molecular formula is C14H12ClFN2. The van der Waals surface area contributed by atoms with E-state index in [-0.39, 0.29) is 5.82 Å². The molecule has 0 spiro atoms. The molecule has 0 saturated heterocycles. The van der Waals surface area contributed by atoms with Gasteiger partial charge in [0.05, 0.1) is 5.69 Å². The molecule has 4 heteroatoms. The lowest BCUT2D eigenvalue weighted by Gasteiger charge is -2.08. The molecule has 1 aromatic heterocycles. The fourth-order valence-electron chi connectivity index (χ4n) is 2.06. The number of anilines is 1. The molecule has 1 fully saturated rings. The second-order valence-electron chi connectivity index (χ2n) is 4.60. The number of hydrogen-bond acceptors (Lipinski definition) is 2. The van der Waals surface area contributed by atoms with Crippen molar-refractivity contribution in [3.63, 3.8) is 0 Å². The monoisotopic (exact) mass is 262 g/mol. The lowest BCUT2D eigenvalue weighted by molar-refractivity contribution is 0.631. The zero-order valence-corrected chi connectivity index (χ0v) is 10.4. The molecule has 2 nitrogen and oxygen atoms in total. The third kappa shape index (κ3) is 2.06. The highest BCUT2D eigenvalue weighted by Crippen LogP contribution is 2.43. The standard InChI is InChI=1S/C14H12ClFN2/c15-9-3-4-12(16)10(5-9)14-6-13(17)11(7-18-14)8-1-2-8/h3-8H,1-2H2,(H2,17,18). The third-order valence-electron chi connectivity index (χ3n) is 3.19. The summed E-state index contributed by atoms with van der Waals surface area (Å²) in [5.41, 5.74) is 8.66. The minimum Gasteiger partial charge on any atom is -0.398 e. The Labute approximate surface area is 110 Å². The van der Waals surface area contributed by atoms with E-state index >= 15 is 0 Å². The summed E-state index contributed by atoms with van der Waals surface area (Å²) in [4.78, 5) is 4.29. The first-order valence-corrected chi connectivity index (χ1v) is 6.24. The van der Waals surface area contributed by atoms with Crippen molar-refractivity contribution < 1.29 is 4.39 Å². The molecule has 1 aromatic carbocycles. The molecule has 1 saturated carbocycles. The van der Waals surface area contributed by atoms with Gasteiger partial charge in [-0.2, -0.15) is 0 Å². The lowest BCUT2D eigenvalue weighted by Crippen LogP contribution is -1.96. The predicted molar refractivity (Wildman–Crippen MR) is 71.0 cm³/mol. The van der Waals surface area contributed by atoms with Crippen LogP contribution in [-0.2, 0) is 0 Å². The summed E-state index contributed by atoms with van der Waals surface area (Å²) in [6.07, 6.45) is 4.08. The van der Waals surface area contributed by atoms with E-state index in [4.69, 9.17) is 17.3 Å². The van der Waals surface area contributed by atoms with Crippen LogP contribution in [0.15, 0.2) is 30.5 Å². The molecule has 2 aromatic rings. The Hall–Kier alpha value is -1.61. The maximum Gasteiger partial charge on any atom is 0.132 e. The lowest BCUT2D eigenvalue weighted by atomic mass is 10.1. The van der Waals surface area contributed by atoms with E-state index < -0.39 is 0 Å². The number of nitrogens with two attached hydrogens (primary N) is 1. The minimum atomic E-state index is -0.342. The molecule has 2 N–H and O–H groups in total. The summed E-state index contributed by atoms with van der Waals surface area (Å²) in [5.74, 6) is 0.196. The van der Waals surface area contributed by atoms with Gasteiger partial charge in [-0.15, -0.1) is 0 Å². The summed E-state index contributed by atoms with van der Waals surface area (Å²) in [5, 5.41) is 0.484. The van der Waals surface area contributed by atoms with E-state index in [0.29, 0.717) is 27.9 Å². The summed E-state index contributed by atoms with van der Waals surface area (Å²) in [6.45, 7) is 0. The van der Waals surface area contributed by atoms with Crippen LogP contribution in [0.1, 0.15) is 24.3 Å². The molecule has 18 heavy (non-hydrogen) atoms. The topological polar surface area (TPSA) is 38.9 Å². The molecule has 0 radical (unpaired) electrons. The van der Waals surface area contributed by atoms with Crippen LogP contribution in [0.3, 0.4) is 0 Å². The van der Waals surface area contributed by atoms with Gasteiger partial charge in [0.1, 0.15) is 5.82 Å². The van der Waals surface area contributed by atoms with Crippen LogP contribution >= 0.6 is 11.6 Å². The third-order valence-corrected chi connectivity index (χ3v) is 3.42. The van der Waals surface area contributed by atoms with Crippen molar-refractivity contribution in [3.8, 4) is 11.3 Å². The molecule has 1 aliphatic carbocycles. The van der Waals surface area contributed by atoms with Crippen molar-refractivity contribution in [2.45, 2.75) is 18.8 Å². The van der Waals surface area contributed by atoms with E-state index in [0.717, 1.165) is 18.4 Å². The smallest absolute Gasteiger partial charge is 0.132 e. The molecule has 0 amide bonds. The highest BCUT2D eigenvalue weighted by atomic mass is 35.5. The van der Waals surface area contributed by atoms with Crippen LogP contribution in [0.25, 0.3) is 11.3 Å². The number of halogens is 2. The van der Waals surface area contributed by atoms with Crippen molar-refractivity contribution in [3.05, 3.63) is 46.9 Å². The minimum absolute atomic E-state index is 0.342. The van der Waals surface area contributed by atoms with Crippen LogP contribution in [0.5, 0.6) is 0 Å². The van der Waals surface area contributed by atoms with Gasteiger partial charge in [-0.1, -0.05) is 11.6 Å². The molecule has 0 atom stereocenters. The second-order valence-corrected chi connectivity index (χ2v) is 5.03. The van der Waals surface area contributed by atoms with Gasteiger partial charge in [0.15, 0.2) is 0 Å². The molecule has 0 bridgehead atoms. The maximum absolute atomic E-state index is 13.7. The summed E-state index contributed by atoms with van der Waals surface area (Å²) in [6, 6.07) is 6.14. The summed E-state index contributed by atoms with van der Waals surface area (Å²) in [7, 11) is 0. The molecule has 0 aliphatic heterocycles. The number of benzene rings is 1. The predicted octanol–water partition coefficient (Wildman–Crippen LogP) is 4.00. The molecule has 92 valence electrons. The molecule has 1 aliphatic rings. The number of pyridine rings is 1. The van der Waals surface area contributed by atoms with Crippen molar-refractivity contribution in [2.24, 2.45) is 0 Å². The zero-order chi connectivity index (χ0) is 12.7. The van der Waals surface area contributed by atoms with Crippen molar-refractivity contribution in [1.82, 2.24) is 4.98 Å². The van der Waals surface area contributed by atoms with Crippen molar-refractivity contribution in [1.29, 1.82) is 0 Å². The average molecular weight is 263 g/mol. The Morgan fingerprint density at radius 2 is 2.06 bits per heavy atom. The number of hydrogen-bond donors (Lipinski definition) is 1. The van der Waals surface area contributed by atoms with E-state index in [1.54, 1.807) is 18.3 Å². The Morgan fingerprint density at radius 1 is 1.28 bits per heavy atom. The van der Waals surface area contributed by atoms with Crippen molar-refractivity contribution in [2.75, 3.05) is 5.73 Å². The number of aromatic nitrogens is 1. The van der Waals surface area contributed by atoms with Gasteiger partial charge in [-0.05, 0) is 48.6 Å². The van der Waals surface area contributed by atoms with Crippen LogP contribution in [0.2, 0.25) is 5.02 Å². The van der Waals surface area contributed by atoms with Gasteiger partial charge in [-0.25, -0.2) is 4.39 Å². The fourth-order valence-corrected chi connectivity index (χ4v) is 2.23. The first-order valence-electron chi connectivity index (χ1n) is 5.86. The van der Waals surface area contributed by atoms with Gasteiger partial charge in [0.2, 0.25) is 0 Å². The molecular weight excluding hydrogens is 251 g/mol. The van der Waals surface area contributed by atoms with Crippen LogP contribution < -0.4 is 5.73 Å². The van der Waals surface area contributed by atoms with Gasteiger partial charge in [-0.3, -0.25) is 4.98 Å². The quantitative estimate of drug-likeness (QED) is 0.888. The van der Waals surface area contributed by atoms with Crippen LogP contribution in [0.4, 0.5) is 10.1 Å². The molecule has 1 heterocycles. The van der Waals surface area contributed by atoms with E-state index in [1.807, 2.05) is 0 Å². The summed E-state index contributed by atoms with van der Waals surface area (Å²) < 4.78 is 13.7. The van der Waals surface area contributed by atoms with Crippen LogP contribution in [-0.4, -0.2) is 4.98 Å². The Bertz CT molecular complexity index is 609. The first-order chi connectivity index (χ1) is 8.65. The average Bonchev–Trinajstić information content (AvgIpc) is 3.16. The normalized spacial score (nSPS) is 14.8. The van der Waals surface area contributed by atoms with Crippen LogP contribution in [0, 0.1) is 5.82 Å². The molecule has 0 unspecified atom stereocenters. The highest BCUT2D eigenvalue weighted by Gasteiger charge is 2.26. The first kappa shape index (κ1) is 11.5. The van der Waals surface area contributed by atoms with E-state index in [9.17, 15) is 4.39 Å². The number of nitrogen functional groups attached to an aromatic ring is 1. The molecule has 3 rings (SSSR count). The Kier molecular flexibility index (Phi) is 2.71. The SMILES string of the molecule is Nc1cc(-c2cc(Cl)ccc2F)ncc1C1CC1. The number of nitrogens with zero attached hydrogens (tertiary/aromatic N) is 1. The Balaban J connectivity index is 2.06. The van der Waals surface area contributed by atoms with Gasteiger partial charge in [0.25, 0.3) is 0 Å². The second kappa shape index (κ2) is 4.25. The van der Waals surface area contributed by atoms with Gasteiger partial charge in [0, 0.05) is 22.5 Å². The largest absolute Gasteiger partial charge is 0.398 e. The fraction of sp³-hybridized carbons (Fsp3) is 0.214. The van der Waals surface area contributed by atoms with Gasteiger partial charge < -0.3 is 5.73 Å². The van der Waals surface area contributed by atoms with E-state index in [1.165, 1.54) is 12.1 Å². The zero-order valence-electron chi connectivity index (χ0n) is 9.66. The maximum atomic E-state index is 13.7. The Morgan fingerprint density at radius 3 is 2.72 bits per heavy atom. The highest BCUT2D eigenvalue weighted by molar-refractivity contribution is 6.30. The summed E-state index contributed by atoms with van der Waals surface area (Å²) >= 11 is 5.87. The number of rotatable bonds is 2. The van der Waals surface area contributed by atoms with Gasteiger partial charge >= 0.3 is 0 Å². The van der Waals surface area contributed by atoms with E-state index in [2.05, 4.69) is 4.98 Å².